The molecule has 0 saturated heterocycles. The number of aryl methyl sites for hydroxylation is 1. The second kappa shape index (κ2) is 7.00. The average molecular weight is 285 g/mol. The van der Waals surface area contributed by atoms with Gasteiger partial charge in [-0.3, -0.25) is 0 Å². The lowest BCUT2D eigenvalue weighted by Crippen LogP contribution is -2.40. The first-order valence-corrected chi connectivity index (χ1v) is 7.71. The van der Waals surface area contributed by atoms with Crippen LogP contribution >= 0.6 is 0 Å². The van der Waals surface area contributed by atoms with Crippen molar-refractivity contribution < 1.29 is 8.42 Å². The number of hydrogen-bond donors (Lipinski definition) is 1. The molecule has 0 aliphatic carbocycles. The van der Waals surface area contributed by atoms with Crippen LogP contribution in [0.15, 0.2) is 24.3 Å². The van der Waals surface area contributed by atoms with Crippen molar-refractivity contribution in [2.45, 2.75) is 19.9 Å². The molecular weight excluding hydrogens is 262 g/mol. The maximum atomic E-state index is 12.2. The van der Waals surface area contributed by atoms with Gasteiger partial charge in [0.15, 0.2) is 0 Å². The molecule has 0 amide bonds. The number of nitrogens with zero attached hydrogens (tertiary/aromatic N) is 2. The monoisotopic (exact) mass is 285 g/mol. The molecule has 6 heteroatoms. The van der Waals surface area contributed by atoms with Gasteiger partial charge in [0.25, 0.3) is 10.2 Å². The summed E-state index contributed by atoms with van der Waals surface area (Å²) in [4.78, 5) is 0. The zero-order chi connectivity index (χ0) is 14.5. The summed E-state index contributed by atoms with van der Waals surface area (Å²) >= 11 is 0. The molecule has 0 bridgehead atoms. The van der Waals surface area contributed by atoms with E-state index < -0.39 is 10.2 Å². The summed E-state index contributed by atoms with van der Waals surface area (Å²) in [5.41, 5.74) is 7.54. The van der Waals surface area contributed by atoms with Gasteiger partial charge in [0.2, 0.25) is 0 Å². The van der Waals surface area contributed by atoms with Gasteiger partial charge < -0.3 is 5.73 Å². The first-order valence-electron chi connectivity index (χ1n) is 6.31. The SMILES string of the molecule is Cc1ccc(CN(C)S(=O)(=O)N(C)CCCN)cc1. The van der Waals surface area contributed by atoms with E-state index in [4.69, 9.17) is 5.73 Å². The maximum absolute atomic E-state index is 12.2. The molecule has 108 valence electrons. The zero-order valence-corrected chi connectivity index (χ0v) is 12.7. The van der Waals surface area contributed by atoms with Crippen molar-refractivity contribution in [2.75, 3.05) is 27.2 Å². The highest BCUT2D eigenvalue weighted by Gasteiger charge is 2.22. The van der Waals surface area contributed by atoms with Crippen LogP contribution in [-0.2, 0) is 16.8 Å². The number of benzene rings is 1. The van der Waals surface area contributed by atoms with Crippen LogP contribution in [0.3, 0.4) is 0 Å². The summed E-state index contributed by atoms with van der Waals surface area (Å²) < 4.78 is 27.1. The van der Waals surface area contributed by atoms with Crippen LogP contribution in [0.5, 0.6) is 0 Å². The molecule has 0 spiro atoms. The number of hydrogen-bond acceptors (Lipinski definition) is 3. The topological polar surface area (TPSA) is 66.6 Å². The number of nitrogens with two attached hydrogens (primary N) is 1. The summed E-state index contributed by atoms with van der Waals surface area (Å²) in [5.74, 6) is 0. The highest BCUT2D eigenvalue weighted by Crippen LogP contribution is 2.11. The fourth-order valence-corrected chi connectivity index (χ4v) is 2.85. The van der Waals surface area contributed by atoms with Gasteiger partial charge >= 0.3 is 0 Å². The van der Waals surface area contributed by atoms with E-state index in [0.717, 1.165) is 11.1 Å². The molecule has 0 atom stereocenters. The van der Waals surface area contributed by atoms with Gasteiger partial charge in [-0.25, -0.2) is 0 Å². The molecule has 0 aromatic heterocycles. The molecule has 19 heavy (non-hydrogen) atoms. The zero-order valence-electron chi connectivity index (χ0n) is 11.8. The Morgan fingerprint density at radius 2 is 1.68 bits per heavy atom. The van der Waals surface area contributed by atoms with Crippen LogP contribution in [0.2, 0.25) is 0 Å². The third-order valence-electron chi connectivity index (χ3n) is 2.99. The Labute approximate surface area is 116 Å². The summed E-state index contributed by atoms with van der Waals surface area (Å²) in [7, 11) is -0.237. The van der Waals surface area contributed by atoms with Crippen molar-refractivity contribution >= 4 is 10.2 Å². The van der Waals surface area contributed by atoms with Gasteiger partial charge in [-0.15, -0.1) is 0 Å². The van der Waals surface area contributed by atoms with E-state index in [2.05, 4.69) is 0 Å². The first-order chi connectivity index (χ1) is 8.87. The largest absolute Gasteiger partial charge is 0.330 e. The lowest BCUT2D eigenvalue weighted by molar-refractivity contribution is 0.387. The van der Waals surface area contributed by atoms with Crippen molar-refractivity contribution in [3.8, 4) is 0 Å². The van der Waals surface area contributed by atoms with E-state index >= 15 is 0 Å². The molecule has 0 aliphatic heterocycles. The van der Waals surface area contributed by atoms with Gasteiger partial charge in [0.05, 0.1) is 0 Å². The van der Waals surface area contributed by atoms with Crippen molar-refractivity contribution in [3.05, 3.63) is 35.4 Å². The third kappa shape index (κ3) is 4.58. The highest BCUT2D eigenvalue weighted by atomic mass is 32.2. The minimum Gasteiger partial charge on any atom is -0.330 e. The van der Waals surface area contributed by atoms with E-state index in [-0.39, 0.29) is 0 Å². The van der Waals surface area contributed by atoms with Crippen molar-refractivity contribution in [3.63, 3.8) is 0 Å². The predicted molar refractivity (Wildman–Crippen MR) is 77.9 cm³/mol. The normalized spacial score (nSPS) is 12.3. The third-order valence-corrected chi connectivity index (χ3v) is 4.88. The Morgan fingerprint density at radius 1 is 1.11 bits per heavy atom. The second-order valence-electron chi connectivity index (χ2n) is 4.71. The average Bonchev–Trinajstić information content (AvgIpc) is 2.38. The van der Waals surface area contributed by atoms with Crippen molar-refractivity contribution in [2.24, 2.45) is 5.73 Å². The van der Waals surface area contributed by atoms with Crippen LogP contribution < -0.4 is 5.73 Å². The van der Waals surface area contributed by atoms with Gasteiger partial charge in [0.1, 0.15) is 0 Å². The summed E-state index contributed by atoms with van der Waals surface area (Å²) in [6.07, 6.45) is 0.661. The van der Waals surface area contributed by atoms with Crippen LogP contribution in [-0.4, -0.2) is 44.2 Å². The van der Waals surface area contributed by atoms with Gasteiger partial charge in [-0.05, 0) is 25.5 Å². The quantitative estimate of drug-likeness (QED) is 0.811. The van der Waals surface area contributed by atoms with E-state index in [0.29, 0.717) is 26.1 Å². The van der Waals surface area contributed by atoms with E-state index in [9.17, 15) is 8.42 Å². The molecule has 1 aromatic carbocycles. The van der Waals surface area contributed by atoms with Crippen LogP contribution in [0, 0.1) is 6.92 Å². The molecule has 0 aliphatic rings. The van der Waals surface area contributed by atoms with E-state index in [1.165, 1.54) is 8.61 Å². The molecular formula is C13H23N3O2S. The molecule has 2 N–H and O–H groups in total. The number of rotatable bonds is 7. The smallest absolute Gasteiger partial charge is 0.281 e. The minimum absolute atomic E-state index is 0.371. The summed E-state index contributed by atoms with van der Waals surface area (Å²) in [6.45, 7) is 3.30. The Kier molecular flexibility index (Phi) is 5.93. The summed E-state index contributed by atoms with van der Waals surface area (Å²) in [5, 5.41) is 0. The fourth-order valence-electron chi connectivity index (χ4n) is 1.70. The summed E-state index contributed by atoms with van der Waals surface area (Å²) in [6, 6.07) is 7.85. The second-order valence-corrected chi connectivity index (χ2v) is 6.86. The highest BCUT2D eigenvalue weighted by molar-refractivity contribution is 7.86. The van der Waals surface area contributed by atoms with Crippen LogP contribution in [0.25, 0.3) is 0 Å². The lowest BCUT2D eigenvalue weighted by Gasteiger charge is -2.24. The maximum Gasteiger partial charge on any atom is 0.281 e. The minimum atomic E-state index is -3.41. The lowest BCUT2D eigenvalue weighted by atomic mass is 10.1. The van der Waals surface area contributed by atoms with Crippen molar-refractivity contribution in [1.82, 2.24) is 8.61 Å². The van der Waals surface area contributed by atoms with Gasteiger partial charge in [-0.2, -0.15) is 17.0 Å². The fraction of sp³-hybridized carbons (Fsp3) is 0.538. The standard InChI is InChI=1S/C13H23N3O2S/c1-12-5-7-13(8-6-12)11-16(3)19(17,18)15(2)10-4-9-14/h5-8H,4,9-11,14H2,1-3H3. The first kappa shape index (κ1) is 16.1. The molecule has 0 saturated carbocycles. The Balaban J connectivity index is 2.70. The Bertz CT molecular complexity index is 485. The Morgan fingerprint density at radius 3 is 2.21 bits per heavy atom. The van der Waals surface area contributed by atoms with E-state index in [1.807, 2.05) is 31.2 Å². The van der Waals surface area contributed by atoms with Gasteiger partial charge in [-0.1, -0.05) is 29.8 Å². The molecule has 0 fully saturated rings. The van der Waals surface area contributed by atoms with Gasteiger partial charge in [0, 0.05) is 27.2 Å². The predicted octanol–water partition coefficient (Wildman–Crippen LogP) is 0.952. The molecule has 0 unspecified atom stereocenters. The Hall–Kier alpha value is -0.950. The van der Waals surface area contributed by atoms with E-state index in [1.54, 1.807) is 14.1 Å². The molecule has 1 rings (SSSR count). The van der Waals surface area contributed by atoms with Crippen LogP contribution in [0.1, 0.15) is 17.5 Å². The molecule has 0 heterocycles. The molecule has 5 nitrogen and oxygen atoms in total. The van der Waals surface area contributed by atoms with Crippen molar-refractivity contribution in [1.29, 1.82) is 0 Å². The molecule has 0 radical (unpaired) electrons. The molecule has 1 aromatic rings. The van der Waals surface area contributed by atoms with Crippen LogP contribution in [0.4, 0.5) is 0 Å².